The highest BCUT2D eigenvalue weighted by Crippen LogP contribution is 2.13. The second-order valence-corrected chi connectivity index (χ2v) is 2.89. The van der Waals surface area contributed by atoms with Crippen LogP contribution in [0.1, 0.15) is 13.8 Å². The number of halogens is 1. The molecule has 0 aromatic carbocycles. The van der Waals surface area contributed by atoms with Crippen LogP contribution >= 0.6 is 11.6 Å². The molecule has 1 aromatic rings. The Morgan fingerprint density at radius 2 is 2.13 bits per heavy atom. The van der Waals surface area contributed by atoms with E-state index in [0.717, 1.165) is 5.01 Å². The molecule has 0 amide bonds. The van der Waals surface area contributed by atoms with E-state index in [2.05, 4.69) is 25.6 Å². The largest absolute Gasteiger partial charge is 0.354 e. The fourth-order valence-corrected chi connectivity index (χ4v) is 1.08. The zero-order valence-electron chi connectivity index (χ0n) is 8.44. The van der Waals surface area contributed by atoms with Crippen molar-refractivity contribution >= 4 is 23.5 Å². The smallest absolute Gasteiger partial charge is 0.254 e. The molecule has 1 aromatic heterocycles. The van der Waals surface area contributed by atoms with Crippen molar-refractivity contribution in [2.75, 3.05) is 23.4 Å². The van der Waals surface area contributed by atoms with E-state index in [0.29, 0.717) is 19.0 Å². The number of hydrogen-bond donors (Lipinski definition) is 1. The van der Waals surface area contributed by atoms with E-state index < -0.39 is 0 Å². The van der Waals surface area contributed by atoms with Crippen molar-refractivity contribution in [3.63, 3.8) is 0 Å². The van der Waals surface area contributed by atoms with Crippen LogP contribution in [0.4, 0.5) is 11.9 Å². The molecule has 0 saturated carbocycles. The molecule has 1 heterocycles. The van der Waals surface area contributed by atoms with Gasteiger partial charge in [0.2, 0.25) is 11.2 Å². The lowest BCUT2D eigenvalue weighted by atomic mass is 10.7. The summed E-state index contributed by atoms with van der Waals surface area (Å²) in [6.45, 7) is 4.68. The average Bonchev–Trinajstić information content (AvgIpc) is 2.19. The molecule has 0 aliphatic carbocycles. The van der Waals surface area contributed by atoms with Crippen LogP contribution in [0.3, 0.4) is 0 Å². The van der Waals surface area contributed by atoms with Gasteiger partial charge in [0, 0.05) is 13.1 Å². The normalized spacial score (nSPS) is 9.80. The van der Waals surface area contributed by atoms with E-state index >= 15 is 0 Å². The summed E-state index contributed by atoms with van der Waals surface area (Å²) in [7, 11) is 0. The van der Waals surface area contributed by atoms with Crippen molar-refractivity contribution < 1.29 is 0 Å². The van der Waals surface area contributed by atoms with Gasteiger partial charge >= 0.3 is 0 Å². The zero-order chi connectivity index (χ0) is 11.3. The summed E-state index contributed by atoms with van der Waals surface area (Å²) in [6, 6.07) is 0. The summed E-state index contributed by atoms with van der Waals surface area (Å²) in [4.78, 5) is 22.0. The number of rotatable bonds is 5. The van der Waals surface area contributed by atoms with Crippen LogP contribution in [-0.4, -0.2) is 28.0 Å². The first-order valence-corrected chi connectivity index (χ1v) is 4.85. The summed E-state index contributed by atoms with van der Waals surface area (Å²) in [5, 5.41) is 6.76. The topological polar surface area (TPSA) is 83.4 Å². The van der Waals surface area contributed by atoms with Crippen molar-refractivity contribution in [1.29, 1.82) is 0 Å². The summed E-state index contributed by atoms with van der Waals surface area (Å²) >= 11 is 5.67. The van der Waals surface area contributed by atoms with E-state index in [1.807, 2.05) is 6.92 Å². The fourth-order valence-electron chi connectivity index (χ4n) is 0.928. The van der Waals surface area contributed by atoms with Crippen molar-refractivity contribution in [1.82, 2.24) is 15.0 Å². The van der Waals surface area contributed by atoms with Crippen LogP contribution in [0, 0.1) is 4.91 Å². The van der Waals surface area contributed by atoms with Crippen LogP contribution in [0.15, 0.2) is 5.29 Å². The van der Waals surface area contributed by atoms with Gasteiger partial charge in [-0.05, 0) is 25.4 Å². The second kappa shape index (κ2) is 5.40. The maximum atomic E-state index is 10.4. The van der Waals surface area contributed by atoms with Gasteiger partial charge in [-0.25, -0.2) is 0 Å². The van der Waals surface area contributed by atoms with Gasteiger partial charge in [0.15, 0.2) is 0 Å². The van der Waals surface area contributed by atoms with E-state index in [4.69, 9.17) is 11.6 Å². The molecule has 0 fully saturated rings. The first kappa shape index (κ1) is 11.6. The maximum absolute atomic E-state index is 10.4. The lowest BCUT2D eigenvalue weighted by molar-refractivity contribution is 0.823. The fraction of sp³-hybridized carbons (Fsp3) is 0.571. The van der Waals surface area contributed by atoms with Gasteiger partial charge < -0.3 is 5.32 Å². The number of anilines is 2. The molecule has 8 heteroatoms. The second-order valence-electron chi connectivity index (χ2n) is 2.56. The van der Waals surface area contributed by atoms with Gasteiger partial charge in [-0.15, -0.1) is 4.91 Å². The van der Waals surface area contributed by atoms with Gasteiger partial charge in [0.25, 0.3) is 5.95 Å². The Hall–Kier alpha value is -1.50. The van der Waals surface area contributed by atoms with Crippen LogP contribution in [0.2, 0.25) is 5.28 Å². The molecule has 0 radical (unpaired) electrons. The molecule has 0 aliphatic rings. The zero-order valence-corrected chi connectivity index (χ0v) is 9.19. The van der Waals surface area contributed by atoms with E-state index in [1.54, 1.807) is 6.92 Å². The Kier molecular flexibility index (Phi) is 4.17. The Morgan fingerprint density at radius 3 is 2.67 bits per heavy atom. The standard InChI is InChI=1S/C7H11ClN6O/c1-3-9-6-10-5(8)11-7(12-6)14(4-2)13-15/h3-4H2,1-2H3,(H,9,10,11,12). The molecule has 82 valence electrons. The van der Waals surface area contributed by atoms with Crippen molar-refractivity contribution in [3.8, 4) is 0 Å². The first-order chi connectivity index (χ1) is 7.21. The number of aromatic nitrogens is 3. The lowest BCUT2D eigenvalue weighted by Crippen LogP contribution is -2.18. The van der Waals surface area contributed by atoms with Gasteiger partial charge in [-0.2, -0.15) is 20.0 Å². The van der Waals surface area contributed by atoms with E-state index in [9.17, 15) is 4.91 Å². The average molecular weight is 231 g/mol. The summed E-state index contributed by atoms with van der Waals surface area (Å²) in [5.41, 5.74) is 0. The van der Waals surface area contributed by atoms with Crippen molar-refractivity contribution in [2.24, 2.45) is 5.29 Å². The molecule has 1 rings (SSSR count). The molecule has 15 heavy (non-hydrogen) atoms. The lowest BCUT2D eigenvalue weighted by Gasteiger charge is -2.11. The summed E-state index contributed by atoms with van der Waals surface area (Å²) < 4.78 is 0. The summed E-state index contributed by atoms with van der Waals surface area (Å²) in [6.07, 6.45) is 0. The van der Waals surface area contributed by atoms with Crippen molar-refractivity contribution in [3.05, 3.63) is 10.2 Å². The van der Waals surface area contributed by atoms with Crippen LogP contribution < -0.4 is 10.3 Å². The monoisotopic (exact) mass is 230 g/mol. The number of nitroso groups, excluding NO2 is 1. The molecule has 1 N–H and O–H groups in total. The molecular weight excluding hydrogens is 220 g/mol. The minimum absolute atomic E-state index is 0.0260. The van der Waals surface area contributed by atoms with Gasteiger partial charge in [-0.1, -0.05) is 0 Å². The molecule has 0 saturated heterocycles. The Bertz CT molecular complexity index is 346. The SMILES string of the molecule is CCNc1nc(Cl)nc(N(CC)N=O)n1. The van der Waals surface area contributed by atoms with Crippen molar-refractivity contribution in [2.45, 2.75) is 13.8 Å². The van der Waals surface area contributed by atoms with Crippen LogP contribution in [0.25, 0.3) is 0 Å². The third-order valence-electron chi connectivity index (χ3n) is 1.56. The minimum atomic E-state index is 0.0260. The molecule has 0 bridgehead atoms. The molecule has 7 nitrogen and oxygen atoms in total. The molecular formula is C7H11ClN6O. The van der Waals surface area contributed by atoms with E-state index in [1.165, 1.54) is 0 Å². The number of nitrogens with one attached hydrogen (secondary N) is 1. The maximum Gasteiger partial charge on any atom is 0.254 e. The highest BCUT2D eigenvalue weighted by atomic mass is 35.5. The van der Waals surface area contributed by atoms with Crippen LogP contribution in [0.5, 0.6) is 0 Å². The quantitative estimate of drug-likeness (QED) is 0.609. The molecule has 0 aliphatic heterocycles. The number of nitrogens with zero attached hydrogens (tertiary/aromatic N) is 5. The highest BCUT2D eigenvalue weighted by molar-refractivity contribution is 6.28. The predicted octanol–water partition coefficient (Wildman–Crippen LogP) is 1.46. The van der Waals surface area contributed by atoms with Gasteiger partial charge in [0.1, 0.15) is 0 Å². The van der Waals surface area contributed by atoms with Gasteiger partial charge in [0.05, 0.1) is 5.29 Å². The first-order valence-electron chi connectivity index (χ1n) is 4.47. The Morgan fingerprint density at radius 1 is 1.40 bits per heavy atom. The highest BCUT2D eigenvalue weighted by Gasteiger charge is 2.11. The third kappa shape index (κ3) is 2.98. The number of hydrogen-bond acceptors (Lipinski definition) is 6. The third-order valence-corrected chi connectivity index (χ3v) is 1.73. The predicted molar refractivity (Wildman–Crippen MR) is 57.8 cm³/mol. The van der Waals surface area contributed by atoms with E-state index in [-0.39, 0.29) is 11.2 Å². The van der Waals surface area contributed by atoms with Crippen LogP contribution in [-0.2, 0) is 0 Å². The molecule has 0 unspecified atom stereocenters. The summed E-state index contributed by atoms with van der Waals surface area (Å²) in [5.74, 6) is 0.470. The molecule has 0 spiro atoms. The van der Waals surface area contributed by atoms with Gasteiger partial charge in [-0.3, -0.25) is 0 Å². The molecule has 0 atom stereocenters. The Balaban J connectivity index is 3.01. The Labute approximate surface area is 91.8 Å². The minimum Gasteiger partial charge on any atom is -0.354 e.